The average Bonchev–Trinajstić information content (AvgIpc) is 3.35. The van der Waals surface area contributed by atoms with Gasteiger partial charge in [0.2, 0.25) is 5.56 Å². The van der Waals surface area contributed by atoms with Crippen molar-refractivity contribution in [1.82, 2.24) is 19.4 Å². The molecule has 0 N–H and O–H groups in total. The number of pyridine rings is 2. The third-order valence-corrected chi connectivity index (χ3v) is 6.49. The molecule has 33 heavy (non-hydrogen) atoms. The van der Waals surface area contributed by atoms with Gasteiger partial charge in [0.1, 0.15) is 0 Å². The minimum absolute atomic E-state index is 0.00529. The second kappa shape index (κ2) is 8.78. The van der Waals surface area contributed by atoms with E-state index in [0.717, 1.165) is 23.0 Å². The minimum Gasteiger partial charge on any atom is -0.378 e. The first-order chi connectivity index (χ1) is 16.0. The first-order valence-corrected chi connectivity index (χ1v) is 11.2. The van der Waals surface area contributed by atoms with Crippen LogP contribution in [0.4, 0.5) is 0 Å². The summed E-state index contributed by atoms with van der Waals surface area (Å²) in [6, 6.07) is 12.6. The van der Waals surface area contributed by atoms with Gasteiger partial charge >= 0.3 is 0 Å². The van der Waals surface area contributed by atoms with Gasteiger partial charge in [0, 0.05) is 62.5 Å². The number of likely N-dealkylation sites (tertiary alicyclic amines) is 1. The normalized spacial score (nSPS) is 18.6. The largest absolute Gasteiger partial charge is 0.378 e. The molecule has 0 saturated carbocycles. The van der Waals surface area contributed by atoms with Crippen LogP contribution >= 0.6 is 0 Å². The van der Waals surface area contributed by atoms with Gasteiger partial charge in [0.25, 0.3) is 11.8 Å². The van der Waals surface area contributed by atoms with Gasteiger partial charge in [-0.3, -0.25) is 19.4 Å². The molecule has 8 heteroatoms. The fourth-order valence-electron chi connectivity index (χ4n) is 4.61. The number of ether oxygens (including phenoxy) is 1. The Bertz CT molecular complexity index is 1280. The molecule has 2 aliphatic heterocycles. The molecular weight excluding hydrogens is 420 g/mol. The predicted molar refractivity (Wildman–Crippen MR) is 123 cm³/mol. The van der Waals surface area contributed by atoms with Crippen molar-refractivity contribution in [2.45, 2.75) is 12.3 Å². The van der Waals surface area contributed by atoms with E-state index < -0.39 is 0 Å². The Balaban J connectivity index is 1.43. The van der Waals surface area contributed by atoms with Crippen molar-refractivity contribution >= 4 is 22.7 Å². The zero-order valence-corrected chi connectivity index (χ0v) is 18.6. The predicted octanol–water partition coefficient (Wildman–Crippen LogP) is 2.04. The molecule has 4 heterocycles. The van der Waals surface area contributed by atoms with Gasteiger partial charge in [-0.15, -0.1) is 0 Å². The molecule has 2 aliphatic rings. The van der Waals surface area contributed by atoms with E-state index in [-0.39, 0.29) is 23.3 Å². The molecule has 8 nitrogen and oxygen atoms in total. The van der Waals surface area contributed by atoms with Crippen LogP contribution in [-0.2, 0) is 11.8 Å². The van der Waals surface area contributed by atoms with Gasteiger partial charge in [-0.25, -0.2) is 0 Å². The minimum atomic E-state index is -0.149. The molecule has 0 spiro atoms. The fourth-order valence-corrected chi connectivity index (χ4v) is 4.61. The molecule has 0 aliphatic carbocycles. The zero-order valence-electron chi connectivity index (χ0n) is 18.6. The number of para-hydroxylation sites is 1. The number of aromatic nitrogens is 2. The van der Waals surface area contributed by atoms with Crippen molar-refractivity contribution in [3.05, 3.63) is 75.8 Å². The van der Waals surface area contributed by atoms with E-state index in [0.29, 0.717) is 50.5 Å². The average molecular weight is 447 g/mol. The van der Waals surface area contributed by atoms with Crippen molar-refractivity contribution in [2.24, 2.45) is 7.05 Å². The topological polar surface area (TPSA) is 84.7 Å². The summed E-state index contributed by atoms with van der Waals surface area (Å²) in [6.07, 6.45) is 2.35. The van der Waals surface area contributed by atoms with Crippen molar-refractivity contribution in [3.63, 3.8) is 0 Å². The molecule has 2 amide bonds. The van der Waals surface area contributed by atoms with Crippen LogP contribution in [-0.4, -0.2) is 70.6 Å². The summed E-state index contributed by atoms with van der Waals surface area (Å²) in [5.74, 6) is -0.0601. The Morgan fingerprint density at radius 1 is 1.00 bits per heavy atom. The van der Waals surface area contributed by atoms with E-state index in [1.54, 1.807) is 24.2 Å². The molecule has 2 fully saturated rings. The molecule has 170 valence electrons. The number of amides is 2. The maximum Gasteiger partial charge on any atom is 0.255 e. The van der Waals surface area contributed by atoms with Gasteiger partial charge in [-0.1, -0.05) is 18.2 Å². The van der Waals surface area contributed by atoms with E-state index in [1.165, 1.54) is 10.6 Å². The lowest BCUT2D eigenvalue weighted by Gasteiger charge is -2.27. The molecule has 5 rings (SSSR count). The third kappa shape index (κ3) is 4.14. The van der Waals surface area contributed by atoms with E-state index in [2.05, 4.69) is 0 Å². The quantitative estimate of drug-likeness (QED) is 0.615. The molecule has 0 unspecified atom stereocenters. The van der Waals surface area contributed by atoms with Gasteiger partial charge in [-0.2, -0.15) is 0 Å². The van der Waals surface area contributed by atoms with Crippen LogP contribution in [0.1, 0.15) is 38.7 Å². The number of morpholine rings is 1. The van der Waals surface area contributed by atoms with E-state index in [1.807, 2.05) is 35.2 Å². The fraction of sp³-hybridized carbons (Fsp3) is 0.360. The first kappa shape index (κ1) is 21.3. The highest BCUT2D eigenvalue weighted by Crippen LogP contribution is 2.30. The lowest BCUT2D eigenvalue weighted by Crippen LogP contribution is -2.40. The highest BCUT2D eigenvalue weighted by molar-refractivity contribution is 6.06. The SMILES string of the molecule is Cn1cc(C(=O)N2CC[C@@H](c3cc(C(=O)N4CCOCC4)c4ccccc4n3)C2)ccc1=O. The molecule has 0 radical (unpaired) electrons. The molecule has 1 aromatic carbocycles. The van der Waals surface area contributed by atoms with Crippen LogP contribution in [0.25, 0.3) is 10.9 Å². The highest BCUT2D eigenvalue weighted by Gasteiger charge is 2.30. The Morgan fingerprint density at radius 2 is 1.79 bits per heavy atom. The van der Waals surface area contributed by atoms with E-state index in [4.69, 9.17) is 9.72 Å². The molecule has 2 saturated heterocycles. The van der Waals surface area contributed by atoms with Crippen molar-refractivity contribution in [3.8, 4) is 0 Å². The number of fused-ring (bicyclic) bond motifs is 1. The smallest absolute Gasteiger partial charge is 0.255 e. The van der Waals surface area contributed by atoms with Crippen LogP contribution in [0.2, 0.25) is 0 Å². The van der Waals surface area contributed by atoms with Crippen LogP contribution in [0.5, 0.6) is 0 Å². The summed E-state index contributed by atoms with van der Waals surface area (Å²) < 4.78 is 6.81. The Hall–Kier alpha value is -3.52. The number of hydrogen-bond donors (Lipinski definition) is 0. The summed E-state index contributed by atoms with van der Waals surface area (Å²) in [5, 5.41) is 0.842. The second-order valence-corrected chi connectivity index (χ2v) is 8.62. The lowest BCUT2D eigenvalue weighted by atomic mass is 9.99. The first-order valence-electron chi connectivity index (χ1n) is 11.2. The van der Waals surface area contributed by atoms with Gasteiger partial charge in [-0.05, 0) is 24.6 Å². The van der Waals surface area contributed by atoms with Crippen LogP contribution in [0.3, 0.4) is 0 Å². The molecule has 2 aromatic heterocycles. The highest BCUT2D eigenvalue weighted by atomic mass is 16.5. The Labute approximate surface area is 191 Å². The monoisotopic (exact) mass is 446 g/mol. The summed E-state index contributed by atoms with van der Waals surface area (Å²) >= 11 is 0. The van der Waals surface area contributed by atoms with Crippen LogP contribution in [0.15, 0.2) is 53.5 Å². The zero-order chi connectivity index (χ0) is 22.9. The molecule has 1 atom stereocenters. The van der Waals surface area contributed by atoms with Gasteiger partial charge in [0.05, 0.1) is 29.9 Å². The van der Waals surface area contributed by atoms with Gasteiger partial charge in [0.15, 0.2) is 0 Å². The summed E-state index contributed by atoms with van der Waals surface area (Å²) in [5.41, 5.74) is 2.62. The summed E-state index contributed by atoms with van der Waals surface area (Å²) in [4.78, 5) is 46.5. The number of hydrogen-bond acceptors (Lipinski definition) is 5. The number of aryl methyl sites for hydroxylation is 1. The summed E-state index contributed by atoms with van der Waals surface area (Å²) in [7, 11) is 1.64. The number of carbonyl (C=O) groups is 2. The molecular formula is C25H26N4O4. The van der Waals surface area contributed by atoms with Crippen LogP contribution in [0, 0.1) is 0 Å². The lowest BCUT2D eigenvalue weighted by molar-refractivity contribution is 0.0304. The number of benzene rings is 1. The Kier molecular flexibility index (Phi) is 5.68. The van der Waals surface area contributed by atoms with Crippen molar-refractivity contribution in [1.29, 1.82) is 0 Å². The third-order valence-electron chi connectivity index (χ3n) is 6.49. The molecule has 3 aromatic rings. The maximum absolute atomic E-state index is 13.3. The van der Waals surface area contributed by atoms with E-state index >= 15 is 0 Å². The number of nitrogens with zero attached hydrogens (tertiary/aromatic N) is 4. The summed E-state index contributed by atoms with van der Waals surface area (Å²) in [6.45, 7) is 3.39. The van der Waals surface area contributed by atoms with Crippen molar-refractivity contribution < 1.29 is 14.3 Å². The standard InChI is InChI=1S/C25H26N4O4/c1-27-15-18(6-7-23(27)30)24(31)29-9-8-17(16-29)22-14-20(19-4-2-3-5-21(19)26-22)25(32)28-10-12-33-13-11-28/h2-7,14-15,17H,8-13,16H2,1H3/t17-/m1/s1. The number of carbonyl (C=O) groups excluding carboxylic acids is 2. The second-order valence-electron chi connectivity index (χ2n) is 8.62. The van der Waals surface area contributed by atoms with Crippen molar-refractivity contribution in [2.75, 3.05) is 39.4 Å². The maximum atomic E-state index is 13.3. The van der Waals surface area contributed by atoms with E-state index in [9.17, 15) is 14.4 Å². The van der Waals surface area contributed by atoms with Crippen LogP contribution < -0.4 is 5.56 Å². The van der Waals surface area contributed by atoms with Gasteiger partial charge < -0.3 is 19.1 Å². The molecule has 0 bridgehead atoms. The Morgan fingerprint density at radius 3 is 2.58 bits per heavy atom. The number of rotatable bonds is 3.